The van der Waals surface area contributed by atoms with E-state index in [0.717, 1.165) is 0 Å². The van der Waals surface area contributed by atoms with E-state index in [-0.39, 0.29) is 22.9 Å². The van der Waals surface area contributed by atoms with E-state index in [9.17, 15) is 14.9 Å². The largest absolute Gasteiger partial charge is 0.478 e. The Bertz CT molecular complexity index is 697. The molecule has 1 aromatic carbocycles. The van der Waals surface area contributed by atoms with Crippen LogP contribution in [0.15, 0.2) is 24.4 Å². The maximum Gasteiger partial charge on any atom is 0.350 e. The Morgan fingerprint density at radius 1 is 1.55 bits per heavy atom. The number of nitrogens with zero attached hydrogens (tertiary/aromatic N) is 3. The van der Waals surface area contributed by atoms with E-state index in [1.807, 2.05) is 22.6 Å². The third kappa shape index (κ3) is 2.87. The molecule has 0 radical (unpaired) electrons. The third-order valence-electron chi connectivity index (χ3n) is 2.36. The van der Waals surface area contributed by atoms with Crippen molar-refractivity contribution >= 4 is 34.2 Å². The van der Waals surface area contributed by atoms with E-state index in [0.29, 0.717) is 3.57 Å². The molecule has 0 fully saturated rings. The highest BCUT2D eigenvalue weighted by Gasteiger charge is 2.22. The van der Waals surface area contributed by atoms with Crippen LogP contribution in [0.4, 0.5) is 5.69 Å². The lowest BCUT2D eigenvalue weighted by atomic mass is 10.2. The minimum absolute atomic E-state index is 0.0269. The Balaban J connectivity index is 2.42. The maximum absolute atomic E-state index is 10.9. The van der Waals surface area contributed by atoms with Gasteiger partial charge in [-0.25, -0.2) is 4.79 Å². The second-order valence-corrected chi connectivity index (χ2v) is 4.96. The van der Waals surface area contributed by atoms with Crippen LogP contribution in [0.2, 0.25) is 0 Å². The zero-order chi connectivity index (χ0) is 14.9. The van der Waals surface area contributed by atoms with Crippen molar-refractivity contribution in [1.82, 2.24) is 9.78 Å². The molecule has 0 atom stereocenters. The number of carbonyl (C=O) groups is 1. The number of hydrogen-bond acceptors (Lipinski definition) is 5. The molecule has 0 aliphatic carbocycles. The van der Waals surface area contributed by atoms with E-state index >= 15 is 0 Å². The number of carboxylic acids is 1. The van der Waals surface area contributed by atoms with Gasteiger partial charge in [0, 0.05) is 7.05 Å². The minimum Gasteiger partial charge on any atom is -0.478 e. The molecule has 0 saturated heterocycles. The van der Waals surface area contributed by atoms with Gasteiger partial charge in [-0.15, -0.1) is 5.10 Å². The monoisotopic (exact) mass is 389 g/mol. The summed E-state index contributed by atoms with van der Waals surface area (Å²) in [5.41, 5.74) is -0.261. The summed E-state index contributed by atoms with van der Waals surface area (Å²) in [4.78, 5) is 21.2. The molecule has 1 aromatic heterocycles. The zero-order valence-corrected chi connectivity index (χ0v) is 12.3. The lowest BCUT2D eigenvalue weighted by Gasteiger charge is -2.05. The van der Waals surface area contributed by atoms with Crippen molar-refractivity contribution < 1.29 is 19.6 Å². The number of ether oxygens (including phenoxy) is 1. The van der Waals surface area contributed by atoms with Crippen LogP contribution in [0.5, 0.6) is 11.6 Å². The number of benzene rings is 1. The third-order valence-corrected chi connectivity index (χ3v) is 3.25. The number of aromatic nitrogens is 2. The highest BCUT2D eigenvalue weighted by molar-refractivity contribution is 14.1. The maximum atomic E-state index is 10.9. The standard InChI is InChI=1S/C11H8IN3O5/c1-14-5-8(15(18)19)10(13-14)20-9-4-6(11(16)17)2-3-7(9)12/h2-5H,1H3,(H,16,17). The van der Waals surface area contributed by atoms with Gasteiger partial charge in [0.25, 0.3) is 0 Å². The van der Waals surface area contributed by atoms with Gasteiger partial charge in [-0.3, -0.25) is 14.8 Å². The van der Waals surface area contributed by atoms with Gasteiger partial charge < -0.3 is 9.84 Å². The summed E-state index contributed by atoms with van der Waals surface area (Å²) in [6.45, 7) is 0. The normalized spacial score (nSPS) is 10.3. The van der Waals surface area contributed by atoms with Crippen molar-refractivity contribution in [1.29, 1.82) is 0 Å². The first-order valence-corrected chi connectivity index (χ1v) is 6.35. The molecular formula is C11H8IN3O5. The number of aromatic carboxylic acids is 1. The van der Waals surface area contributed by atoms with Crippen LogP contribution >= 0.6 is 22.6 Å². The molecule has 0 unspecified atom stereocenters. The van der Waals surface area contributed by atoms with E-state index in [2.05, 4.69) is 5.10 Å². The summed E-state index contributed by atoms with van der Waals surface area (Å²) in [7, 11) is 1.53. The summed E-state index contributed by atoms with van der Waals surface area (Å²) in [5, 5.41) is 23.6. The summed E-state index contributed by atoms with van der Waals surface area (Å²) in [5.74, 6) is -1.09. The van der Waals surface area contributed by atoms with E-state index in [1.54, 1.807) is 6.07 Å². The summed E-state index contributed by atoms with van der Waals surface area (Å²) < 4.78 is 7.24. The molecule has 0 amide bonds. The molecule has 104 valence electrons. The number of rotatable bonds is 4. The van der Waals surface area contributed by atoms with Gasteiger partial charge in [0.15, 0.2) is 0 Å². The van der Waals surface area contributed by atoms with Crippen molar-refractivity contribution in [3.63, 3.8) is 0 Å². The first-order valence-electron chi connectivity index (χ1n) is 5.27. The van der Waals surface area contributed by atoms with Gasteiger partial charge in [0.1, 0.15) is 11.9 Å². The first kappa shape index (κ1) is 14.2. The van der Waals surface area contributed by atoms with Crippen LogP contribution in [0.3, 0.4) is 0 Å². The van der Waals surface area contributed by atoms with E-state index in [4.69, 9.17) is 9.84 Å². The second kappa shape index (κ2) is 5.45. The highest BCUT2D eigenvalue weighted by atomic mass is 127. The van der Waals surface area contributed by atoms with E-state index < -0.39 is 10.9 Å². The van der Waals surface area contributed by atoms with Crippen molar-refractivity contribution in [2.75, 3.05) is 0 Å². The Morgan fingerprint density at radius 2 is 2.25 bits per heavy atom. The van der Waals surface area contributed by atoms with Gasteiger partial charge in [-0.2, -0.15) is 0 Å². The quantitative estimate of drug-likeness (QED) is 0.489. The second-order valence-electron chi connectivity index (χ2n) is 3.80. The average Bonchev–Trinajstić information content (AvgIpc) is 2.73. The fraction of sp³-hybridized carbons (Fsp3) is 0.0909. The molecule has 0 aliphatic rings. The van der Waals surface area contributed by atoms with Crippen molar-refractivity contribution in [2.24, 2.45) is 7.05 Å². The minimum atomic E-state index is -1.11. The smallest absolute Gasteiger partial charge is 0.350 e. The number of nitro groups is 1. The van der Waals surface area contributed by atoms with Gasteiger partial charge in [0.05, 0.1) is 14.1 Å². The number of carboxylic acid groups (broad SMARTS) is 1. The summed E-state index contributed by atoms with van der Waals surface area (Å²) >= 11 is 1.94. The molecule has 0 bridgehead atoms. The molecule has 8 nitrogen and oxygen atoms in total. The molecular weight excluding hydrogens is 381 g/mol. The molecule has 1 N–H and O–H groups in total. The van der Waals surface area contributed by atoms with Gasteiger partial charge in [-0.1, -0.05) is 0 Å². The van der Waals surface area contributed by atoms with Crippen LogP contribution < -0.4 is 4.74 Å². The van der Waals surface area contributed by atoms with Crippen LogP contribution in [0.25, 0.3) is 0 Å². The van der Waals surface area contributed by atoms with Crippen LogP contribution in [0.1, 0.15) is 10.4 Å². The average molecular weight is 389 g/mol. The number of aryl methyl sites for hydroxylation is 1. The van der Waals surface area contributed by atoms with Crippen LogP contribution in [-0.4, -0.2) is 25.8 Å². The Morgan fingerprint density at radius 3 is 2.85 bits per heavy atom. The molecule has 2 aromatic rings. The fourth-order valence-electron chi connectivity index (χ4n) is 1.47. The molecule has 0 saturated carbocycles. The lowest BCUT2D eigenvalue weighted by Crippen LogP contribution is -1.99. The van der Waals surface area contributed by atoms with Gasteiger partial charge >= 0.3 is 17.5 Å². The lowest BCUT2D eigenvalue weighted by molar-refractivity contribution is -0.385. The van der Waals surface area contributed by atoms with Crippen LogP contribution in [0, 0.1) is 13.7 Å². The Labute approximate surface area is 126 Å². The fourth-order valence-corrected chi connectivity index (χ4v) is 1.92. The predicted molar refractivity (Wildman–Crippen MR) is 76.1 cm³/mol. The molecule has 1 heterocycles. The SMILES string of the molecule is Cn1cc([N+](=O)[O-])c(Oc2cc(C(=O)O)ccc2I)n1. The van der Waals surface area contributed by atoms with Crippen molar-refractivity contribution in [3.05, 3.63) is 43.6 Å². The topological polar surface area (TPSA) is 107 Å². The number of hydrogen-bond donors (Lipinski definition) is 1. The molecule has 20 heavy (non-hydrogen) atoms. The first-order chi connectivity index (χ1) is 9.38. The molecule has 0 spiro atoms. The predicted octanol–water partition coefficient (Wildman–Crippen LogP) is 2.42. The summed E-state index contributed by atoms with van der Waals surface area (Å²) in [6.07, 6.45) is 1.21. The Kier molecular flexibility index (Phi) is 3.88. The molecule has 0 aliphatic heterocycles. The van der Waals surface area contributed by atoms with E-state index in [1.165, 1.54) is 30.1 Å². The van der Waals surface area contributed by atoms with Crippen LogP contribution in [-0.2, 0) is 7.05 Å². The Hall–Kier alpha value is -2.17. The molecule has 9 heteroatoms. The number of halogens is 1. The van der Waals surface area contributed by atoms with Crippen molar-refractivity contribution in [3.8, 4) is 11.6 Å². The van der Waals surface area contributed by atoms with Gasteiger partial charge in [-0.05, 0) is 40.8 Å². The zero-order valence-electron chi connectivity index (χ0n) is 10.1. The van der Waals surface area contributed by atoms with Crippen molar-refractivity contribution in [2.45, 2.75) is 0 Å². The van der Waals surface area contributed by atoms with Gasteiger partial charge in [0.2, 0.25) is 0 Å². The molecule has 2 rings (SSSR count). The summed E-state index contributed by atoms with van der Waals surface area (Å²) in [6, 6.07) is 4.26. The highest BCUT2D eigenvalue weighted by Crippen LogP contribution is 2.32.